The van der Waals surface area contributed by atoms with E-state index in [0.29, 0.717) is 24.2 Å². The summed E-state index contributed by atoms with van der Waals surface area (Å²) in [6, 6.07) is 8.26. The van der Waals surface area contributed by atoms with Crippen molar-refractivity contribution in [1.82, 2.24) is 40.6 Å². The van der Waals surface area contributed by atoms with Crippen LogP contribution in [0.25, 0.3) is 44.6 Å². The minimum Gasteiger partial charge on any atom is -0.419 e. The van der Waals surface area contributed by atoms with E-state index in [9.17, 15) is 0 Å². The molecule has 3 N–H and O–H groups in total. The predicted molar refractivity (Wildman–Crippen MR) is 129 cm³/mol. The summed E-state index contributed by atoms with van der Waals surface area (Å²) in [5.41, 5.74) is 6.16. The summed E-state index contributed by atoms with van der Waals surface area (Å²) in [6.45, 7) is 6.78. The summed E-state index contributed by atoms with van der Waals surface area (Å²) < 4.78 is 5.94. The summed E-state index contributed by atoms with van der Waals surface area (Å²) in [6.07, 6.45) is 3.63. The van der Waals surface area contributed by atoms with Crippen molar-refractivity contribution in [3.63, 3.8) is 0 Å². The number of fused-ring (bicyclic) bond motifs is 2. The first-order valence-corrected chi connectivity index (χ1v) is 11.1. The van der Waals surface area contributed by atoms with Crippen LogP contribution in [0.1, 0.15) is 31.2 Å². The van der Waals surface area contributed by atoms with Gasteiger partial charge in [0.1, 0.15) is 0 Å². The fourth-order valence-electron chi connectivity index (χ4n) is 4.17. The van der Waals surface area contributed by atoms with Crippen LogP contribution in [-0.4, -0.2) is 62.4 Å². The molecule has 0 fully saturated rings. The van der Waals surface area contributed by atoms with Crippen LogP contribution in [0.15, 0.2) is 41.1 Å². The van der Waals surface area contributed by atoms with Crippen LogP contribution in [0, 0.1) is 0 Å². The third-order valence-electron chi connectivity index (χ3n) is 5.77. The molecule has 4 heterocycles. The molecule has 5 rings (SSSR count). The van der Waals surface area contributed by atoms with Gasteiger partial charge in [-0.25, -0.2) is 4.98 Å². The number of benzene rings is 1. The fraction of sp³-hybridized carbons (Fsp3) is 0.333. The van der Waals surface area contributed by atoms with Crippen molar-refractivity contribution in [2.24, 2.45) is 0 Å². The Morgan fingerprint density at radius 2 is 2.00 bits per heavy atom. The minimum absolute atomic E-state index is 0.304. The molecule has 9 nitrogen and oxygen atoms in total. The Bertz CT molecular complexity index is 1390. The van der Waals surface area contributed by atoms with E-state index in [1.165, 1.54) is 5.56 Å². The first kappa shape index (κ1) is 21.3. The number of rotatable bonds is 8. The first-order valence-electron chi connectivity index (χ1n) is 11.1. The second-order valence-corrected chi connectivity index (χ2v) is 8.80. The van der Waals surface area contributed by atoms with E-state index < -0.39 is 0 Å². The summed E-state index contributed by atoms with van der Waals surface area (Å²) in [4.78, 5) is 10.1. The first-order chi connectivity index (χ1) is 16.0. The third kappa shape index (κ3) is 4.12. The van der Waals surface area contributed by atoms with Gasteiger partial charge in [0.25, 0.3) is 0 Å². The molecule has 5 aromatic rings. The number of aromatic amines is 2. The highest BCUT2D eigenvalue weighted by Gasteiger charge is 2.20. The lowest BCUT2D eigenvalue weighted by atomic mass is 9.95. The third-order valence-corrected chi connectivity index (χ3v) is 5.77. The molecular weight excluding hydrogens is 416 g/mol. The molecule has 0 aliphatic heterocycles. The van der Waals surface area contributed by atoms with Crippen LogP contribution in [0.5, 0.6) is 0 Å². The van der Waals surface area contributed by atoms with Crippen LogP contribution in [0.4, 0.5) is 0 Å². The quantitative estimate of drug-likeness (QED) is 0.311. The minimum atomic E-state index is 0.304. The molecule has 170 valence electrons. The number of hydrogen-bond donors (Lipinski definition) is 3. The molecule has 0 aliphatic rings. The normalized spacial score (nSPS) is 12.1. The predicted octanol–water partition coefficient (Wildman–Crippen LogP) is 3.93. The van der Waals surface area contributed by atoms with Crippen molar-refractivity contribution >= 4 is 21.9 Å². The second-order valence-electron chi connectivity index (χ2n) is 8.80. The molecule has 1 aromatic carbocycles. The molecule has 33 heavy (non-hydrogen) atoms. The second kappa shape index (κ2) is 8.76. The van der Waals surface area contributed by atoms with Gasteiger partial charge in [0, 0.05) is 46.7 Å². The van der Waals surface area contributed by atoms with Crippen molar-refractivity contribution in [1.29, 1.82) is 0 Å². The highest BCUT2D eigenvalue weighted by Crippen LogP contribution is 2.39. The molecule has 0 aliphatic carbocycles. The Morgan fingerprint density at radius 1 is 1.12 bits per heavy atom. The van der Waals surface area contributed by atoms with E-state index in [1.807, 2.05) is 38.6 Å². The number of nitrogens with zero attached hydrogens (tertiary/aromatic N) is 5. The van der Waals surface area contributed by atoms with Crippen molar-refractivity contribution < 1.29 is 4.42 Å². The molecule has 0 atom stereocenters. The lowest BCUT2D eigenvalue weighted by molar-refractivity contribution is 0.390. The highest BCUT2D eigenvalue weighted by molar-refractivity contribution is 5.99. The maximum Gasteiger partial charge on any atom is 0.247 e. The Hall–Kier alpha value is -3.56. The largest absolute Gasteiger partial charge is 0.419 e. The van der Waals surface area contributed by atoms with Gasteiger partial charge in [0.05, 0.1) is 18.4 Å². The van der Waals surface area contributed by atoms with Gasteiger partial charge in [0.15, 0.2) is 5.65 Å². The average molecular weight is 445 g/mol. The van der Waals surface area contributed by atoms with E-state index in [2.05, 4.69) is 66.6 Å². The van der Waals surface area contributed by atoms with Crippen LogP contribution in [0.3, 0.4) is 0 Å². The SMILES string of the molecule is CC(C)c1c(-c2ccnc3[nH]ncc23)[nH]c2ccc(-c3nnc(CNCCN(C)C)o3)cc12. The Morgan fingerprint density at radius 3 is 2.82 bits per heavy atom. The van der Waals surface area contributed by atoms with Crippen molar-refractivity contribution in [2.45, 2.75) is 26.3 Å². The van der Waals surface area contributed by atoms with E-state index in [0.717, 1.165) is 51.8 Å². The van der Waals surface area contributed by atoms with E-state index in [-0.39, 0.29) is 0 Å². The number of nitrogens with one attached hydrogen (secondary N) is 3. The highest BCUT2D eigenvalue weighted by atomic mass is 16.4. The monoisotopic (exact) mass is 444 g/mol. The van der Waals surface area contributed by atoms with Gasteiger partial charge < -0.3 is 19.6 Å². The molecule has 0 unspecified atom stereocenters. The number of H-pyrrole nitrogens is 2. The number of aromatic nitrogens is 6. The van der Waals surface area contributed by atoms with Crippen molar-refractivity contribution in [2.75, 3.05) is 27.2 Å². The van der Waals surface area contributed by atoms with Gasteiger partial charge >= 0.3 is 0 Å². The molecule has 0 radical (unpaired) electrons. The topological polar surface area (TPSA) is 112 Å². The summed E-state index contributed by atoms with van der Waals surface area (Å²) in [7, 11) is 4.10. The van der Waals surface area contributed by atoms with E-state index >= 15 is 0 Å². The van der Waals surface area contributed by atoms with Gasteiger partial charge in [-0.05, 0) is 49.8 Å². The molecule has 0 saturated carbocycles. The summed E-state index contributed by atoms with van der Waals surface area (Å²) >= 11 is 0. The van der Waals surface area contributed by atoms with Gasteiger partial charge in [-0.2, -0.15) is 5.10 Å². The van der Waals surface area contributed by atoms with Crippen LogP contribution >= 0.6 is 0 Å². The zero-order valence-electron chi connectivity index (χ0n) is 19.3. The lowest BCUT2D eigenvalue weighted by Crippen LogP contribution is -2.26. The van der Waals surface area contributed by atoms with E-state index in [1.54, 1.807) is 0 Å². The number of pyridine rings is 1. The molecule has 0 bridgehead atoms. The molecule has 0 spiro atoms. The fourth-order valence-corrected chi connectivity index (χ4v) is 4.17. The maximum absolute atomic E-state index is 5.94. The van der Waals surface area contributed by atoms with Gasteiger partial charge in [-0.1, -0.05) is 13.8 Å². The zero-order valence-corrected chi connectivity index (χ0v) is 19.3. The van der Waals surface area contributed by atoms with Crippen molar-refractivity contribution in [3.05, 3.63) is 48.1 Å². The average Bonchev–Trinajstić information content (AvgIpc) is 3.53. The molecule has 0 saturated heterocycles. The van der Waals surface area contributed by atoms with Crippen LogP contribution < -0.4 is 5.32 Å². The lowest BCUT2D eigenvalue weighted by Gasteiger charge is -2.09. The Balaban J connectivity index is 1.50. The smallest absolute Gasteiger partial charge is 0.247 e. The molecule has 0 amide bonds. The molecular formula is C24H28N8O. The Labute approximate surface area is 191 Å². The van der Waals surface area contributed by atoms with Crippen LogP contribution in [0.2, 0.25) is 0 Å². The van der Waals surface area contributed by atoms with Gasteiger partial charge in [0.2, 0.25) is 11.8 Å². The molecule has 4 aromatic heterocycles. The Kier molecular flexibility index (Phi) is 5.65. The summed E-state index contributed by atoms with van der Waals surface area (Å²) in [5, 5.41) is 21.1. The standard InChI is InChI=1S/C24H28N8O/c1-14(2)21-17-11-15(24-31-29-20(33-24)13-25-9-10-32(3)4)5-6-19(17)28-22(21)16-7-8-26-23-18(16)12-27-30-23/h5-8,11-12,14,25,28H,9-10,13H2,1-4H3,(H,26,27,30). The van der Waals surface area contributed by atoms with Gasteiger partial charge in [-0.3, -0.25) is 5.10 Å². The zero-order chi connectivity index (χ0) is 22.9. The van der Waals surface area contributed by atoms with E-state index in [4.69, 9.17) is 4.42 Å². The maximum atomic E-state index is 5.94. The molecule has 9 heteroatoms. The van der Waals surface area contributed by atoms with Gasteiger partial charge in [-0.15, -0.1) is 10.2 Å². The van der Waals surface area contributed by atoms with Crippen molar-refractivity contribution in [3.8, 4) is 22.7 Å². The summed E-state index contributed by atoms with van der Waals surface area (Å²) in [5.74, 6) is 1.42. The number of likely N-dealkylation sites (N-methyl/N-ethyl adjacent to an activating group) is 1. The number of hydrogen-bond acceptors (Lipinski definition) is 7. The van der Waals surface area contributed by atoms with Crippen LogP contribution in [-0.2, 0) is 6.54 Å².